The van der Waals surface area contributed by atoms with Crippen LogP contribution in [0.3, 0.4) is 0 Å². The van der Waals surface area contributed by atoms with E-state index in [2.05, 4.69) is 49.3 Å². The van der Waals surface area contributed by atoms with Crippen molar-refractivity contribution in [2.45, 2.75) is 38.4 Å². The minimum atomic E-state index is 0.0948. The van der Waals surface area contributed by atoms with E-state index in [1.54, 1.807) is 13.3 Å². The minimum absolute atomic E-state index is 0.0948. The molecule has 0 radical (unpaired) electrons. The summed E-state index contributed by atoms with van der Waals surface area (Å²) in [5.41, 5.74) is 3.29. The average molecular weight is 562 g/mol. The molecule has 2 aromatic carbocycles. The number of methoxy groups -OCH3 is 1. The van der Waals surface area contributed by atoms with Crippen LogP contribution in [-0.4, -0.2) is 73.1 Å². The molecule has 3 heterocycles. The number of halogens is 1. The van der Waals surface area contributed by atoms with Gasteiger partial charge in [-0.15, -0.1) is 0 Å². The summed E-state index contributed by atoms with van der Waals surface area (Å²) in [5, 5.41) is 3.84. The summed E-state index contributed by atoms with van der Waals surface area (Å²) in [6.07, 6.45) is 4.27. The molecule has 5 rings (SSSR count). The highest BCUT2D eigenvalue weighted by atomic mass is 35.5. The van der Waals surface area contributed by atoms with Gasteiger partial charge in [-0.05, 0) is 67.3 Å². The van der Waals surface area contributed by atoms with Crippen LogP contribution in [0.25, 0.3) is 0 Å². The fourth-order valence-electron chi connectivity index (χ4n) is 6.18. The number of carbonyl (C=O) groups is 1. The summed E-state index contributed by atoms with van der Waals surface area (Å²) < 4.78 is 5.62. The monoisotopic (exact) mass is 561 g/mol. The van der Waals surface area contributed by atoms with Crippen molar-refractivity contribution in [2.24, 2.45) is 5.92 Å². The summed E-state index contributed by atoms with van der Waals surface area (Å²) in [5.74, 6) is 1.45. The Labute approximate surface area is 243 Å². The second-order valence-corrected chi connectivity index (χ2v) is 11.2. The number of pyridine rings is 1. The molecule has 2 aliphatic heterocycles. The molecule has 2 atom stereocenters. The molecule has 1 aromatic heterocycles. The number of piperidine rings is 1. The Balaban J connectivity index is 1.21. The number of hydrogen-bond donors (Lipinski definition) is 1. The number of piperazine rings is 1. The number of anilines is 1. The lowest BCUT2D eigenvalue weighted by atomic mass is 9.86. The third-order valence-corrected chi connectivity index (χ3v) is 8.45. The third kappa shape index (κ3) is 7.53. The zero-order valence-corrected chi connectivity index (χ0v) is 24.1. The first kappa shape index (κ1) is 28.4. The van der Waals surface area contributed by atoms with Gasteiger partial charge in [0.25, 0.3) is 0 Å². The Morgan fingerprint density at radius 2 is 1.85 bits per heavy atom. The number of benzene rings is 2. The van der Waals surface area contributed by atoms with E-state index in [9.17, 15) is 4.79 Å². The fraction of sp³-hybridized carbons (Fsp3) is 0.438. The Kier molecular flexibility index (Phi) is 9.92. The number of para-hydroxylation sites is 2. The molecule has 40 heavy (non-hydrogen) atoms. The van der Waals surface area contributed by atoms with Crippen molar-refractivity contribution in [2.75, 3.05) is 51.3 Å². The first-order valence-corrected chi connectivity index (χ1v) is 14.7. The minimum Gasteiger partial charge on any atom is -0.495 e. The van der Waals surface area contributed by atoms with Crippen molar-refractivity contribution in [3.63, 3.8) is 0 Å². The average Bonchev–Trinajstić information content (AvgIpc) is 3.00. The van der Waals surface area contributed by atoms with Gasteiger partial charge in [0.05, 0.1) is 25.0 Å². The van der Waals surface area contributed by atoms with Crippen LogP contribution < -0.4 is 15.0 Å². The van der Waals surface area contributed by atoms with Gasteiger partial charge in [-0.2, -0.15) is 0 Å². The summed E-state index contributed by atoms with van der Waals surface area (Å²) in [7, 11) is 1.74. The molecule has 1 amide bonds. The largest absolute Gasteiger partial charge is 0.495 e. The normalized spacial score (nSPS) is 20.3. The van der Waals surface area contributed by atoms with E-state index >= 15 is 0 Å². The molecule has 2 aliphatic rings. The number of nitrogens with one attached hydrogen (secondary N) is 1. The number of hydrogen-bond acceptors (Lipinski definition) is 6. The summed E-state index contributed by atoms with van der Waals surface area (Å²) in [6.45, 7) is 7.36. The number of aromatic nitrogens is 1. The lowest BCUT2D eigenvalue weighted by Gasteiger charge is -2.47. The van der Waals surface area contributed by atoms with Gasteiger partial charge in [-0.1, -0.05) is 41.9 Å². The van der Waals surface area contributed by atoms with Gasteiger partial charge in [0, 0.05) is 63.0 Å². The van der Waals surface area contributed by atoms with Crippen LogP contribution in [0.1, 0.15) is 30.5 Å². The maximum atomic E-state index is 12.8. The molecule has 2 fully saturated rings. The molecule has 0 unspecified atom stereocenters. The highest BCUT2D eigenvalue weighted by Crippen LogP contribution is 2.32. The first-order valence-electron chi connectivity index (χ1n) is 14.3. The van der Waals surface area contributed by atoms with Crippen LogP contribution in [0.15, 0.2) is 72.9 Å². The van der Waals surface area contributed by atoms with Crippen molar-refractivity contribution < 1.29 is 9.53 Å². The summed E-state index contributed by atoms with van der Waals surface area (Å²) in [6, 6.07) is 22.7. The van der Waals surface area contributed by atoms with Crippen LogP contribution >= 0.6 is 11.6 Å². The van der Waals surface area contributed by atoms with E-state index in [1.165, 1.54) is 11.3 Å². The molecule has 7 nitrogen and oxygen atoms in total. The molecular formula is C32H40ClN5O2. The van der Waals surface area contributed by atoms with Crippen molar-refractivity contribution in [1.82, 2.24) is 20.1 Å². The highest BCUT2D eigenvalue weighted by molar-refractivity contribution is 6.30. The van der Waals surface area contributed by atoms with E-state index in [4.69, 9.17) is 16.3 Å². The van der Waals surface area contributed by atoms with Crippen molar-refractivity contribution in [3.05, 3.63) is 89.2 Å². The van der Waals surface area contributed by atoms with Gasteiger partial charge in [0.2, 0.25) is 5.91 Å². The number of amides is 1. The molecule has 0 aliphatic carbocycles. The SMILES string of the molecule is COc1ccccc1N1CCN([C@@H]2CCN(Cc3cccc(Cl)c3)C[C@@H]2CCC(=O)NCc2ccccn2)CC1. The third-order valence-electron chi connectivity index (χ3n) is 8.22. The molecule has 0 spiro atoms. The topological polar surface area (TPSA) is 60.9 Å². The summed E-state index contributed by atoms with van der Waals surface area (Å²) >= 11 is 6.26. The van der Waals surface area contributed by atoms with Crippen LogP contribution in [0.4, 0.5) is 5.69 Å². The Bertz CT molecular complexity index is 1230. The molecule has 0 saturated carbocycles. The van der Waals surface area contributed by atoms with E-state index in [-0.39, 0.29) is 5.91 Å². The van der Waals surface area contributed by atoms with Crippen molar-refractivity contribution >= 4 is 23.2 Å². The number of carbonyl (C=O) groups excluding carboxylic acids is 1. The van der Waals surface area contributed by atoms with Gasteiger partial charge < -0.3 is 15.0 Å². The lowest BCUT2D eigenvalue weighted by Crippen LogP contribution is -2.56. The Morgan fingerprint density at radius 3 is 2.62 bits per heavy atom. The molecule has 2 saturated heterocycles. The van der Waals surface area contributed by atoms with E-state index in [0.717, 1.165) is 75.1 Å². The second kappa shape index (κ2) is 14.0. The van der Waals surface area contributed by atoms with Gasteiger partial charge >= 0.3 is 0 Å². The summed E-state index contributed by atoms with van der Waals surface area (Å²) in [4.78, 5) is 24.8. The van der Waals surface area contributed by atoms with Crippen LogP contribution in [0.5, 0.6) is 5.75 Å². The Morgan fingerprint density at radius 1 is 1.02 bits per heavy atom. The number of nitrogens with zero attached hydrogens (tertiary/aromatic N) is 4. The van der Waals surface area contributed by atoms with E-state index in [1.807, 2.05) is 42.5 Å². The highest BCUT2D eigenvalue weighted by Gasteiger charge is 2.35. The predicted octanol–water partition coefficient (Wildman–Crippen LogP) is 4.85. The fourth-order valence-corrected chi connectivity index (χ4v) is 6.39. The standard InChI is InChI=1S/C32H40ClN5O2/c1-40-31-11-3-2-10-30(31)38-19-17-37(18-20-38)29-14-16-36(23-25-7-6-8-27(33)21-25)24-26(29)12-13-32(39)35-22-28-9-4-5-15-34-28/h2-11,15,21,26,29H,12-14,16-20,22-24H2,1H3,(H,35,39)/t26-,29+/m0/s1. The van der Waals surface area contributed by atoms with Crippen LogP contribution in [-0.2, 0) is 17.9 Å². The van der Waals surface area contributed by atoms with E-state index < -0.39 is 0 Å². The molecule has 3 aromatic rings. The zero-order valence-electron chi connectivity index (χ0n) is 23.3. The number of ether oxygens (including phenoxy) is 1. The van der Waals surface area contributed by atoms with Crippen LogP contribution in [0.2, 0.25) is 5.02 Å². The van der Waals surface area contributed by atoms with Gasteiger partial charge in [-0.25, -0.2) is 0 Å². The van der Waals surface area contributed by atoms with Crippen molar-refractivity contribution in [3.8, 4) is 5.75 Å². The van der Waals surface area contributed by atoms with E-state index in [0.29, 0.717) is 24.9 Å². The van der Waals surface area contributed by atoms with Gasteiger partial charge in [0.1, 0.15) is 5.75 Å². The number of likely N-dealkylation sites (tertiary alicyclic amines) is 1. The molecule has 212 valence electrons. The van der Waals surface area contributed by atoms with Gasteiger partial charge in [0.15, 0.2) is 0 Å². The first-order chi connectivity index (χ1) is 19.6. The maximum Gasteiger partial charge on any atom is 0.220 e. The van der Waals surface area contributed by atoms with Gasteiger partial charge in [-0.3, -0.25) is 19.6 Å². The maximum absolute atomic E-state index is 12.8. The number of rotatable bonds is 10. The molecule has 1 N–H and O–H groups in total. The van der Waals surface area contributed by atoms with Crippen molar-refractivity contribution in [1.29, 1.82) is 0 Å². The second-order valence-electron chi connectivity index (χ2n) is 10.8. The predicted molar refractivity (Wildman–Crippen MR) is 161 cm³/mol. The lowest BCUT2D eigenvalue weighted by molar-refractivity contribution is -0.121. The molecule has 8 heteroatoms. The molecular weight excluding hydrogens is 522 g/mol. The van der Waals surface area contributed by atoms with Crippen LogP contribution in [0, 0.1) is 5.92 Å². The quantitative estimate of drug-likeness (QED) is 0.382. The zero-order chi connectivity index (χ0) is 27.7. The molecule has 0 bridgehead atoms. The Hall–Kier alpha value is -3.13. The smallest absolute Gasteiger partial charge is 0.220 e.